The fraction of sp³-hybridized carbons (Fsp3) is 0.533. The van der Waals surface area contributed by atoms with Gasteiger partial charge in [0.25, 0.3) is 0 Å². The summed E-state index contributed by atoms with van der Waals surface area (Å²) in [6.07, 6.45) is 0.463. The van der Waals surface area contributed by atoms with Crippen LogP contribution in [0.4, 0.5) is 8.78 Å². The van der Waals surface area contributed by atoms with E-state index in [1.54, 1.807) is 0 Å². The smallest absolute Gasteiger partial charge is 0.308 e. The average molecular weight is 361 g/mol. The Kier molecular flexibility index (Phi) is 4.35. The number of carboxylic acid groups (broad SMARTS) is 1. The minimum Gasteiger partial charge on any atom is -0.481 e. The fourth-order valence-electron chi connectivity index (χ4n) is 3.45. The first kappa shape index (κ1) is 17.2. The van der Waals surface area contributed by atoms with Crippen molar-refractivity contribution in [2.75, 3.05) is 26.3 Å². The Labute approximate surface area is 138 Å². The molecule has 1 spiro atoms. The Hall–Kier alpha value is -1.58. The molecule has 3 rings (SSSR count). The molecule has 24 heavy (non-hydrogen) atoms. The molecule has 1 aromatic carbocycles. The van der Waals surface area contributed by atoms with E-state index in [2.05, 4.69) is 0 Å². The van der Waals surface area contributed by atoms with Crippen molar-refractivity contribution in [3.8, 4) is 0 Å². The largest absolute Gasteiger partial charge is 0.481 e. The molecule has 0 radical (unpaired) electrons. The van der Waals surface area contributed by atoms with Gasteiger partial charge in [0.2, 0.25) is 10.0 Å². The molecular formula is C15H17F2NO5S. The van der Waals surface area contributed by atoms with Crippen molar-refractivity contribution < 1.29 is 31.8 Å². The molecule has 6 nitrogen and oxygen atoms in total. The number of carbonyl (C=O) groups is 1. The number of halogens is 2. The second-order valence-electron chi connectivity index (χ2n) is 6.32. The van der Waals surface area contributed by atoms with Crippen LogP contribution in [0.5, 0.6) is 0 Å². The molecule has 1 N–H and O–H groups in total. The highest BCUT2D eigenvalue weighted by Crippen LogP contribution is 2.44. The van der Waals surface area contributed by atoms with E-state index >= 15 is 0 Å². The van der Waals surface area contributed by atoms with Crippen LogP contribution in [0, 0.1) is 23.0 Å². The summed E-state index contributed by atoms with van der Waals surface area (Å²) >= 11 is 0. The lowest BCUT2D eigenvalue weighted by atomic mass is 9.77. The lowest BCUT2D eigenvalue weighted by Gasteiger charge is -2.25. The summed E-state index contributed by atoms with van der Waals surface area (Å²) in [6, 6.07) is 3.35. The topological polar surface area (TPSA) is 83.9 Å². The van der Waals surface area contributed by atoms with Gasteiger partial charge in [-0.3, -0.25) is 4.79 Å². The summed E-state index contributed by atoms with van der Waals surface area (Å²) in [5.74, 6) is -4.97. The van der Waals surface area contributed by atoms with Gasteiger partial charge in [-0.15, -0.1) is 0 Å². The maximum Gasteiger partial charge on any atom is 0.308 e. The number of hydrogen-bond acceptors (Lipinski definition) is 4. The molecule has 0 aromatic heterocycles. The number of aliphatic carboxylic acids is 1. The van der Waals surface area contributed by atoms with Gasteiger partial charge in [-0.25, -0.2) is 21.5 Å². The van der Waals surface area contributed by atoms with Gasteiger partial charge in [0.1, 0.15) is 0 Å². The van der Waals surface area contributed by atoms with E-state index in [1.807, 2.05) is 0 Å². The molecule has 1 aromatic rings. The molecule has 2 heterocycles. The first-order valence-corrected chi connectivity index (χ1v) is 9.07. The van der Waals surface area contributed by atoms with Crippen molar-refractivity contribution in [1.29, 1.82) is 0 Å². The molecule has 2 aliphatic heterocycles. The average Bonchev–Trinajstić information content (AvgIpc) is 3.12. The Balaban J connectivity index is 1.85. The number of benzene rings is 1. The monoisotopic (exact) mass is 361 g/mol. The van der Waals surface area contributed by atoms with Crippen LogP contribution in [0.1, 0.15) is 12.0 Å². The van der Waals surface area contributed by atoms with Crippen LogP contribution in [0.15, 0.2) is 18.2 Å². The zero-order valence-electron chi connectivity index (χ0n) is 12.7. The maximum absolute atomic E-state index is 13.7. The lowest BCUT2D eigenvalue weighted by Crippen LogP contribution is -2.35. The third-order valence-electron chi connectivity index (χ3n) is 4.81. The lowest BCUT2D eigenvalue weighted by molar-refractivity contribution is -0.144. The molecule has 132 valence electrons. The van der Waals surface area contributed by atoms with Gasteiger partial charge in [0, 0.05) is 30.7 Å². The molecule has 2 aliphatic rings. The second-order valence-corrected chi connectivity index (χ2v) is 8.29. The zero-order chi connectivity index (χ0) is 17.5. The molecule has 9 heteroatoms. The fourth-order valence-corrected chi connectivity index (χ4v) is 5.07. The third kappa shape index (κ3) is 2.91. The van der Waals surface area contributed by atoms with E-state index in [4.69, 9.17) is 4.74 Å². The highest BCUT2D eigenvalue weighted by molar-refractivity contribution is 7.88. The van der Waals surface area contributed by atoms with Crippen molar-refractivity contribution in [2.45, 2.75) is 12.2 Å². The Bertz CT molecular complexity index is 761. The van der Waals surface area contributed by atoms with Gasteiger partial charge in [-0.1, -0.05) is 12.1 Å². The first-order valence-electron chi connectivity index (χ1n) is 7.46. The molecular weight excluding hydrogens is 344 g/mol. The summed E-state index contributed by atoms with van der Waals surface area (Å²) in [4.78, 5) is 11.5. The van der Waals surface area contributed by atoms with Crippen molar-refractivity contribution in [3.05, 3.63) is 35.4 Å². The number of carboxylic acids is 1. The van der Waals surface area contributed by atoms with Gasteiger partial charge in [0.15, 0.2) is 11.6 Å². The normalized spacial score (nSPS) is 27.8. The van der Waals surface area contributed by atoms with Crippen LogP contribution in [-0.2, 0) is 25.3 Å². The van der Waals surface area contributed by atoms with Crippen LogP contribution >= 0.6 is 0 Å². The first-order chi connectivity index (χ1) is 11.3. The third-order valence-corrected chi connectivity index (χ3v) is 6.55. The predicted molar refractivity (Wildman–Crippen MR) is 79.5 cm³/mol. The van der Waals surface area contributed by atoms with Crippen molar-refractivity contribution in [3.63, 3.8) is 0 Å². The highest BCUT2D eigenvalue weighted by Gasteiger charge is 2.54. The van der Waals surface area contributed by atoms with Crippen LogP contribution in [0.2, 0.25) is 0 Å². The molecule has 0 bridgehead atoms. The Morgan fingerprint density at radius 1 is 1.42 bits per heavy atom. The van der Waals surface area contributed by atoms with E-state index in [0.29, 0.717) is 13.0 Å². The SMILES string of the molecule is O=C(O)C1CN(S(=O)(=O)Cc2cccc(F)c2F)CC12CCOC2. The van der Waals surface area contributed by atoms with Crippen LogP contribution in [0.25, 0.3) is 0 Å². The van der Waals surface area contributed by atoms with E-state index < -0.39 is 44.7 Å². The van der Waals surface area contributed by atoms with Crippen LogP contribution < -0.4 is 0 Å². The van der Waals surface area contributed by atoms with Gasteiger partial charge in [0.05, 0.1) is 18.3 Å². The standard InChI is InChI=1S/C15H17F2NO5S/c16-12-3-1-2-10(13(12)17)7-24(21,22)18-6-11(14(19)20)15(8-18)4-5-23-9-15/h1-3,11H,4-9H2,(H,19,20). The maximum atomic E-state index is 13.7. The molecule has 0 saturated carbocycles. The second kappa shape index (κ2) is 6.05. The quantitative estimate of drug-likeness (QED) is 0.872. The van der Waals surface area contributed by atoms with E-state index in [9.17, 15) is 27.1 Å². The summed E-state index contributed by atoms with van der Waals surface area (Å²) < 4.78 is 58.5. The Morgan fingerprint density at radius 3 is 2.79 bits per heavy atom. The number of ether oxygens (including phenoxy) is 1. The van der Waals surface area contributed by atoms with Gasteiger partial charge < -0.3 is 9.84 Å². The summed E-state index contributed by atoms with van der Waals surface area (Å²) in [6.45, 7) is 0.404. The van der Waals surface area contributed by atoms with Crippen molar-refractivity contribution in [2.24, 2.45) is 11.3 Å². The summed E-state index contributed by atoms with van der Waals surface area (Å²) in [5.41, 5.74) is -1.02. The molecule has 2 unspecified atom stereocenters. The van der Waals surface area contributed by atoms with E-state index in [-0.39, 0.29) is 25.3 Å². The van der Waals surface area contributed by atoms with Gasteiger partial charge in [-0.2, -0.15) is 0 Å². The summed E-state index contributed by atoms with van der Waals surface area (Å²) in [7, 11) is -3.97. The molecule has 0 amide bonds. The van der Waals surface area contributed by atoms with Gasteiger partial charge >= 0.3 is 5.97 Å². The van der Waals surface area contributed by atoms with Crippen LogP contribution in [-0.4, -0.2) is 50.1 Å². The van der Waals surface area contributed by atoms with Crippen molar-refractivity contribution >= 4 is 16.0 Å². The number of sulfonamides is 1. The molecule has 2 saturated heterocycles. The minimum absolute atomic E-state index is 0.0171. The Morgan fingerprint density at radius 2 is 2.17 bits per heavy atom. The predicted octanol–water partition coefficient (Wildman–Crippen LogP) is 1.22. The zero-order valence-corrected chi connectivity index (χ0v) is 13.6. The molecule has 0 aliphatic carbocycles. The summed E-state index contributed by atoms with van der Waals surface area (Å²) in [5, 5.41) is 9.41. The number of rotatable bonds is 4. The van der Waals surface area contributed by atoms with E-state index in [1.165, 1.54) is 12.1 Å². The minimum atomic E-state index is -3.97. The number of hydrogen-bond donors (Lipinski definition) is 1. The number of nitrogens with zero attached hydrogens (tertiary/aromatic N) is 1. The van der Waals surface area contributed by atoms with E-state index in [0.717, 1.165) is 10.4 Å². The van der Waals surface area contributed by atoms with Crippen molar-refractivity contribution in [1.82, 2.24) is 4.31 Å². The molecule has 2 atom stereocenters. The highest BCUT2D eigenvalue weighted by atomic mass is 32.2. The molecule has 2 fully saturated rings. The van der Waals surface area contributed by atoms with Crippen LogP contribution in [0.3, 0.4) is 0 Å². The van der Waals surface area contributed by atoms with Gasteiger partial charge in [-0.05, 0) is 12.5 Å².